The molecule has 2 aromatic heterocycles. The molecule has 1 aromatic carbocycles. The lowest BCUT2D eigenvalue weighted by Crippen LogP contribution is -2.33. The van der Waals surface area contributed by atoms with Crippen LogP contribution in [0.25, 0.3) is 10.2 Å². The molecule has 0 bridgehead atoms. The molecule has 1 aliphatic heterocycles. The molecular weight excluding hydrogens is 390 g/mol. The minimum absolute atomic E-state index is 0.0650. The smallest absolute Gasteiger partial charge is 0.229 e. The van der Waals surface area contributed by atoms with Crippen LogP contribution in [0.15, 0.2) is 30.6 Å². The van der Waals surface area contributed by atoms with Crippen molar-refractivity contribution in [2.45, 2.75) is 26.2 Å². The van der Waals surface area contributed by atoms with Gasteiger partial charge in [0, 0.05) is 38.3 Å². The quantitative estimate of drug-likeness (QED) is 0.553. The van der Waals surface area contributed by atoms with Gasteiger partial charge in [0.2, 0.25) is 11.8 Å². The summed E-state index contributed by atoms with van der Waals surface area (Å²) in [7, 11) is 0. The number of nitrogens with one attached hydrogen (secondary N) is 2. The zero-order valence-corrected chi connectivity index (χ0v) is 17.0. The van der Waals surface area contributed by atoms with Gasteiger partial charge in [-0.05, 0) is 31.5 Å². The van der Waals surface area contributed by atoms with Crippen molar-refractivity contribution in [2.24, 2.45) is 5.92 Å². The minimum atomic E-state index is -0.350. The fourth-order valence-electron chi connectivity index (χ4n) is 3.38. The van der Waals surface area contributed by atoms with Crippen molar-refractivity contribution in [1.29, 1.82) is 0 Å². The maximum Gasteiger partial charge on any atom is 0.229 e. The predicted octanol–water partition coefficient (Wildman–Crippen LogP) is 2.52. The van der Waals surface area contributed by atoms with Gasteiger partial charge in [-0.25, -0.2) is 9.97 Å². The van der Waals surface area contributed by atoms with Crippen LogP contribution in [-0.4, -0.2) is 46.5 Å². The van der Waals surface area contributed by atoms with E-state index in [0.29, 0.717) is 24.8 Å². The summed E-state index contributed by atoms with van der Waals surface area (Å²) in [5.74, 6) is 1.20. The number of rotatable bonds is 8. The largest absolute Gasteiger partial charge is 0.494 e. The van der Waals surface area contributed by atoms with Crippen molar-refractivity contribution >= 4 is 38.5 Å². The van der Waals surface area contributed by atoms with Crippen LogP contribution >= 0.6 is 11.3 Å². The monoisotopic (exact) mass is 413 g/mol. The molecule has 1 atom stereocenters. The Morgan fingerprint density at radius 2 is 2.34 bits per heavy atom. The third-order valence-electron chi connectivity index (χ3n) is 4.83. The van der Waals surface area contributed by atoms with Gasteiger partial charge in [-0.15, -0.1) is 0 Å². The molecular formula is C20H23N5O3S. The van der Waals surface area contributed by atoms with Crippen LogP contribution in [0.1, 0.15) is 25.6 Å². The van der Waals surface area contributed by atoms with E-state index in [1.165, 1.54) is 11.3 Å². The Morgan fingerprint density at radius 3 is 3.14 bits per heavy atom. The van der Waals surface area contributed by atoms with E-state index in [-0.39, 0.29) is 24.2 Å². The molecule has 4 rings (SSSR count). The number of aromatic amines is 1. The van der Waals surface area contributed by atoms with Crippen LogP contribution in [0.5, 0.6) is 5.75 Å². The summed E-state index contributed by atoms with van der Waals surface area (Å²) in [4.78, 5) is 38.4. The average Bonchev–Trinajstić information content (AvgIpc) is 3.44. The Kier molecular flexibility index (Phi) is 5.75. The van der Waals surface area contributed by atoms with Crippen molar-refractivity contribution in [3.05, 3.63) is 36.4 Å². The molecule has 8 nitrogen and oxygen atoms in total. The number of fused-ring (bicyclic) bond motifs is 1. The van der Waals surface area contributed by atoms with Gasteiger partial charge in [0.15, 0.2) is 5.13 Å². The van der Waals surface area contributed by atoms with Gasteiger partial charge in [0.25, 0.3) is 0 Å². The van der Waals surface area contributed by atoms with Gasteiger partial charge in [0.1, 0.15) is 11.6 Å². The number of H-pyrrole nitrogens is 1. The summed E-state index contributed by atoms with van der Waals surface area (Å²) < 4.78 is 6.49. The van der Waals surface area contributed by atoms with E-state index in [0.717, 1.165) is 34.6 Å². The Hall–Kier alpha value is -2.94. The van der Waals surface area contributed by atoms with Gasteiger partial charge >= 0.3 is 0 Å². The summed E-state index contributed by atoms with van der Waals surface area (Å²) in [6.07, 6.45) is 5.28. The molecule has 0 spiro atoms. The number of benzene rings is 1. The molecule has 29 heavy (non-hydrogen) atoms. The zero-order chi connectivity index (χ0) is 20.2. The number of amides is 2. The second-order valence-corrected chi connectivity index (χ2v) is 7.90. The lowest BCUT2D eigenvalue weighted by atomic mass is 10.1. The molecule has 152 valence electrons. The second kappa shape index (κ2) is 8.60. The van der Waals surface area contributed by atoms with Crippen molar-refractivity contribution in [1.82, 2.24) is 20.3 Å². The van der Waals surface area contributed by atoms with Gasteiger partial charge in [-0.3, -0.25) is 14.5 Å². The van der Waals surface area contributed by atoms with Crippen molar-refractivity contribution in [3.63, 3.8) is 0 Å². The predicted molar refractivity (Wildman–Crippen MR) is 111 cm³/mol. The van der Waals surface area contributed by atoms with E-state index in [4.69, 9.17) is 4.74 Å². The summed E-state index contributed by atoms with van der Waals surface area (Å²) in [6, 6.07) is 5.70. The summed E-state index contributed by atoms with van der Waals surface area (Å²) in [5.41, 5.74) is 0.826. The fraction of sp³-hybridized carbons (Fsp3) is 0.400. The normalized spacial score (nSPS) is 16.5. The first-order valence-corrected chi connectivity index (χ1v) is 10.6. The van der Waals surface area contributed by atoms with E-state index in [1.54, 1.807) is 17.3 Å². The molecule has 9 heteroatoms. The third-order valence-corrected chi connectivity index (χ3v) is 5.87. The maximum atomic E-state index is 12.5. The molecule has 1 unspecified atom stereocenters. The molecule has 3 aromatic rings. The van der Waals surface area contributed by atoms with Crippen molar-refractivity contribution < 1.29 is 14.3 Å². The number of anilines is 1. The first-order chi connectivity index (χ1) is 14.1. The zero-order valence-electron chi connectivity index (χ0n) is 16.2. The Labute approximate surface area is 172 Å². The highest BCUT2D eigenvalue weighted by Crippen LogP contribution is 2.34. The highest BCUT2D eigenvalue weighted by Gasteiger charge is 2.36. The van der Waals surface area contributed by atoms with Crippen LogP contribution in [-0.2, 0) is 16.0 Å². The Bertz CT molecular complexity index is 1000. The van der Waals surface area contributed by atoms with Gasteiger partial charge in [0.05, 0.1) is 22.7 Å². The number of aromatic nitrogens is 3. The maximum absolute atomic E-state index is 12.5. The average molecular weight is 414 g/mol. The second-order valence-electron chi connectivity index (χ2n) is 6.89. The first-order valence-electron chi connectivity index (χ1n) is 9.73. The molecule has 2 N–H and O–H groups in total. The third kappa shape index (κ3) is 4.40. The number of aryl methyl sites for hydroxylation is 1. The molecule has 0 saturated carbocycles. The van der Waals surface area contributed by atoms with E-state index >= 15 is 0 Å². The highest BCUT2D eigenvalue weighted by molar-refractivity contribution is 7.22. The Balaban J connectivity index is 1.34. The standard InChI is InChI=1S/C20H23N5O3S/c1-2-28-14-5-6-15-16(11-14)29-20(24-15)25-12-13(10-18(25)26)19(27)23-7-3-4-17-21-8-9-22-17/h5-6,8-9,11,13H,2-4,7,10,12H2,1H3,(H,21,22)(H,23,27). The highest BCUT2D eigenvalue weighted by atomic mass is 32.1. The van der Waals surface area contributed by atoms with Crippen LogP contribution in [0.2, 0.25) is 0 Å². The molecule has 1 saturated heterocycles. The molecule has 0 aliphatic carbocycles. The molecule has 0 radical (unpaired) electrons. The van der Waals surface area contributed by atoms with Gasteiger partial charge in [-0.2, -0.15) is 0 Å². The lowest BCUT2D eigenvalue weighted by Gasteiger charge is -2.13. The first kappa shape index (κ1) is 19.4. The van der Waals surface area contributed by atoms with Crippen LogP contribution in [0.3, 0.4) is 0 Å². The van der Waals surface area contributed by atoms with Crippen molar-refractivity contribution in [2.75, 3.05) is 24.6 Å². The van der Waals surface area contributed by atoms with Crippen LogP contribution in [0, 0.1) is 5.92 Å². The van der Waals surface area contributed by atoms with Gasteiger partial charge < -0.3 is 15.0 Å². The number of carbonyl (C=O) groups excluding carboxylic acids is 2. The van der Waals surface area contributed by atoms with Crippen LogP contribution in [0.4, 0.5) is 5.13 Å². The number of ether oxygens (including phenoxy) is 1. The van der Waals surface area contributed by atoms with E-state index < -0.39 is 0 Å². The Morgan fingerprint density at radius 1 is 1.45 bits per heavy atom. The lowest BCUT2D eigenvalue weighted by molar-refractivity contribution is -0.126. The molecule has 3 heterocycles. The summed E-state index contributed by atoms with van der Waals surface area (Å²) in [6.45, 7) is 3.46. The number of imidazole rings is 1. The fourth-order valence-corrected chi connectivity index (χ4v) is 4.40. The molecule has 1 fully saturated rings. The van der Waals surface area contributed by atoms with Crippen molar-refractivity contribution in [3.8, 4) is 5.75 Å². The summed E-state index contributed by atoms with van der Waals surface area (Å²) >= 11 is 1.44. The minimum Gasteiger partial charge on any atom is -0.494 e. The molecule has 2 amide bonds. The van der Waals surface area contributed by atoms with E-state index in [1.807, 2.05) is 25.1 Å². The van der Waals surface area contributed by atoms with E-state index in [9.17, 15) is 9.59 Å². The number of carbonyl (C=O) groups is 2. The number of hydrogen-bond acceptors (Lipinski definition) is 6. The number of nitrogens with zero attached hydrogens (tertiary/aromatic N) is 3. The molecule has 1 aliphatic rings. The summed E-state index contributed by atoms with van der Waals surface area (Å²) in [5, 5.41) is 3.57. The number of thiazole rings is 1. The van der Waals surface area contributed by atoms with Crippen LogP contribution < -0.4 is 15.0 Å². The topological polar surface area (TPSA) is 100 Å². The SMILES string of the molecule is CCOc1ccc2nc(N3CC(C(=O)NCCCc4ncc[nH]4)CC3=O)sc2c1. The number of hydrogen-bond donors (Lipinski definition) is 2. The van der Waals surface area contributed by atoms with Gasteiger partial charge in [-0.1, -0.05) is 11.3 Å². The van der Waals surface area contributed by atoms with E-state index in [2.05, 4.69) is 20.3 Å².